The van der Waals surface area contributed by atoms with Gasteiger partial charge in [0.15, 0.2) is 0 Å². The van der Waals surface area contributed by atoms with E-state index in [2.05, 4.69) is 15.3 Å². The fourth-order valence-corrected chi connectivity index (χ4v) is 4.70. The number of thioether (sulfide) groups is 1. The summed E-state index contributed by atoms with van der Waals surface area (Å²) in [5.41, 5.74) is 1.18. The molecule has 0 spiro atoms. The summed E-state index contributed by atoms with van der Waals surface area (Å²) in [5.74, 6) is 0.420. The number of fused-ring (bicyclic) bond motifs is 1. The number of aromatic nitrogens is 2. The van der Waals surface area contributed by atoms with E-state index in [1.807, 2.05) is 20.8 Å². The van der Waals surface area contributed by atoms with Gasteiger partial charge in [0.1, 0.15) is 15.7 Å². The maximum absolute atomic E-state index is 12.3. The molecule has 0 aliphatic heterocycles. The minimum absolute atomic E-state index is 0.0961. The number of thiophene rings is 1. The van der Waals surface area contributed by atoms with Crippen molar-refractivity contribution in [1.29, 1.82) is 0 Å². The third-order valence-corrected chi connectivity index (χ3v) is 6.29. The number of aryl methyl sites for hydroxylation is 3. The number of nitrogens with one attached hydrogen (secondary N) is 1. The molecule has 0 aliphatic rings. The lowest BCUT2D eigenvalue weighted by Gasteiger charge is -2.08. The van der Waals surface area contributed by atoms with Crippen LogP contribution in [-0.2, 0) is 4.79 Å². The summed E-state index contributed by atoms with van der Waals surface area (Å²) in [5, 5.41) is 15.5. The molecular formula is C17H15ClN4O3S2. The van der Waals surface area contributed by atoms with Crippen molar-refractivity contribution in [3.63, 3.8) is 0 Å². The number of nitro benzene ring substituents is 1. The molecule has 140 valence electrons. The van der Waals surface area contributed by atoms with Crippen LogP contribution in [0.3, 0.4) is 0 Å². The van der Waals surface area contributed by atoms with E-state index in [4.69, 9.17) is 11.6 Å². The molecule has 10 heteroatoms. The fraction of sp³-hybridized carbons (Fsp3) is 0.235. The number of benzene rings is 1. The molecule has 7 nitrogen and oxygen atoms in total. The Kier molecular flexibility index (Phi) is 5.64. The van der Waals surface area contributed by atoms with Crippen LogP contribution in [0.5, 0.6) is 0 Å². The van der Waals surface area contributed by atoms with Crippen LogP contribution in [-0.4, -0.2) is 26.6 Å². The standard InChI is InChI=1S/C17H15ClN4O3S2/c1-8-9(2)27-17-15(8)16(19-10(3)20-17)26-7-14(23)21-13-6-11(22(24)25)4-5-12(13)18/h4-6H,7H2,1-3H3,(H,21,23). The number of nitro groups is 1. The molecule has 1 amide bonds. The van der Waals surface area contributed by atoms with Crippen LogP contribution < -0.4 is 5.32 Å². The van der Waals surface area contributed by atoms with E-state index in [9.17, 15) is 14.9 Å². The Hall–Kier alpha value is -2.23. The Labute approximate surface area is 168 Å². The number of hydrogen-bond donors (Lipinski definition) is 1. The number of carbonyl (C=O) groups is 1. The van der Waals surface area contributed by atoms with Crippen LogP contribution in [0.15, 0.2) is 23.2 Å². The van der Waals surface area contributed by atoms with E-state index in [-0.39, 0.29) is 28.1 Å². The van der Waals surface area contributed by atoms with E-state index in [0.29, 0.717) is 5.82 Å². The second-order valence-corrected chi connectivity index (χ2v) is 8.37. The zero-order valence-electron chi connectivity index (χ0n) is 14.7. The Balaban J connectivity index is 1.78. The van der Waals surface area contributed by atoms with Crippen molar-refractivity contribution < 1.29 is 9.72 Å². The monoisotopic (exact) mass is 422 g/mol. The highest BCUT2D eigenvalue weighted by Crippen LogP contribution is 2.35. The van der Waals surface area contributed by atoms with Gasteiger partial charge < -0.3 is 5.32 Å². The quantitative estimate of drug-likeness (QED) is 0.271. The lowest BCUT2D eigenvalue weighted by Crippen LogP contribution is -2.14. The van der Waals surface area contributed by atoms with Crippen LogP contribution in [0.2, 0.25) is 5.02 Å². The van der Waals surface area contributed by atoms with Crippen LogP contribution in [0.25, 0.3) is 10.2 Å². The molecule has 0 unspecified atom stereocenters. The number of hydrogen-bond acceptors (Lipinski definition) is 7. The van der Waals surface area contributed by atoms with Gasteiger partial charge in [-0.15, -0.1) is 11.3 Å². The predicted molar refractivity (Wildman–Crippen MR) is 109 cm³/mol. The predicted octanol–water partition coefficient (Wildman–Crippen LogP) is 4.91. The number of amides is 1. The number of rotatable bonds is 5. The van der Waals surface area contributed by atoms with Gasteiger partial charge in [-0.25, -0.2) is 9.97 Å². The minimum atomic E-state index is -0.539. The second-order valence-electron chi connectivity index (χ2n) is 5.80. The molecule has 0 bridgehead atoms. The lowest BCUT2D eigenvalue weighted by atomic mass is 10.2. The normalized spacial score (nSPS) is 11.0. The molecule has 2 aromatic heterocycles. The number of anilines is 1. The first-order valence-electron chi connectivity index (χ1n) is 7.87. The van der Waals surface area contributed by atoms with Gasteiger partial charge >= 0.3 is 0 Å². The van der Waals surface area contributed by atoms with E-state index in [0.717, 1.165) is 20.8 Å². The van der Waals surface area contributed by atoms with Crippen LogP contribution in [0, 0.1) is 30.9 Å². The topological polar surface area (TPSA) is 98.0 Å². The Morgan fingerprint density at radius 2 is 2.07 bits per heavy atom. The molecule has 0 radical (unpaired) electrons. The molecule has 0 atom stereocenters. The Bertz CT molecular complexity index is 1070. The average molecular weight is 423 g/mol. The molecule has 0 saturated heterocycles. The molecule has 27 heavy (non-hydrogen) atoms. The average Bonchev–Trinajstić information content (AvgIpc) is 2.88. The number of halogens is 1. The highest BCUT2D eigenvalue weighted by Gasteiger charge is 2.16. The van der Waals surface area contributed by atoms with E-state index < -0.39 is 4.92 Å². The van der Waals surface area contributed by atoms with Gasteiger partial charge in [-0.3, -0.25) is 14.9 Å². The van der Waals surface area contributed by atoms with Crippen molar-refractivity contribution in [2.75, 3.05) is 11.1 Å². The van der Waals surface area contributed by atoms with Crippen molar-refractivity contribution >= 4 is 62.2 Å². The van der Waals surface area contributed by atoms with Crippen LogP contribution >= 0.6 is 34.7 Å². The maximum atomic E-state index is 12.3. The first kappa shape index (κ1) is 19.5. The Morgan fingerprint density at radius 1 is 1.33 bits per heavy atom. The summed E-state index contributed by atoms with van der Waals surface area (Å²) < 4.78 is 0. The molecular weight excluding hydrogens is 408 g/mol. The third kappa shape index (κ3) is 4.20. The van der Waals surface area contributed by atoms with Gasteiger partial charge in [-0.05, 0) is 32.4 Å². The maximum Gasteiger partial charge on any atom is 0.271 e. The minimum Gasteiger partial charge on any atom is -0.324 e. The SMILES string of the molecule is Cc1nc(SCC(=O)Nc2cc([N+](=O)[O-])ccc2Cl)c2c(C)c(C)sc2n1. The van der Waals surface area contributed by atoms with Crippen LogP contribution in [0.1, 0.15) is 16.3 Å². The summed E-state index contributed by atoms with van der Waals surface area (Å²) in [6.07, 6.45) is 0. The zero-order chi connectivity index (χ0) is 19.7. The fourth-order valence-electron chi connectivity index (χ4n) is 2.46. The van der Waals surface area contributed by atoms with Gasteiger partial charge in [0.25, 0.3) is 5.69 Å². The first-order chi connectivity index (χ1) is 12.8. The molecule has 2 heterocycles. The lowest BCUT2D eigenvalue weighted by molar-refractivity contribution is -0.384. The molecule has 1 N–H and O–H groups in total. The molecule has 0 aliphatic carbocycles. The first-order valence-corrected chi connectivity index (χ1v) is 10.0. The number of non-ortho nitro benzene ring substituents is 1. The molecule has 3 rings (SSSR count). The Morgan fingerprint density at radius 3 is 2.78 bits per heavy atom. The number of carbonyl (C=O) groups excluding carboxylic acids is 1. The molecule has 0 fully saturated rings. The largest absolute Gasteiger partial charge is 0.324 e. The van der Waals surface area contributed by atoms with Gasteiger partial charge in [0.2, 0.25) is 5.91 Å². The van der Waals surface area contributed by atoms with E-state index in [1.165, 1.54) is 34.8 Å². The number of nitrogens with zero attached hydrogens (tertiary/aromatic N) is 3. The van der Waals surface area contributed by atoms with Crippen molar-refractivity contribution in [1.82, 2.24) is 9.97 Å². The van der Waals surface area contributed by atoms with Gasteiger partial charge in [-0.2, -0.15) is 0 Å². The molecule has 0 saturated carbocycles. The van der Waals surface area contributed by atoms with Gasteiger partial charge in [-0.1, -0.05) is 23.4 Å². The second kappa shape index (κ2) is 7.79. The molecule has 3 aromatic rings. The summed E-state index contributed by atoms with van der Waals surface area (Å²) in [4.78, 5) is 33.7. The highest BCUT2D eigenvalue weighted by molar-refractivity contribution is 8.00. The van der Waals surface area contributed by atoms with E-state index in [1.54, 1.807) is 11.3 Å². The highest BCUT2D eigenvalue weighted by atomic mass is 35.5. The van der Waals surface area contributed by atoms with Crippen molar-refractivity contribution in [3.8, 4) is 0 Å². The van der Waals surface area contributed by atoms with Crippen molar-refractivity contribution in [2.45, 2.75) is 25.8 Å². The zero-order valence-corrected chi connectivity index (χ0v) is 17.1. The third-order valence-electron chi connectivity index (χ3n) is 3.88. The summed E-state index contributed by atoms with van der Waals surface area (Å²) in [6, 6.07) is 3.91. The smallest absolute Gasteiger partial charge is 0.271 e. The van der Waals surface area contributed by atoms with Crippen molar-refractivity contribution in [2.24, 2.45) is 0 Å². The summed E-state index contributed by atoms with van der Waals surface area (Å²) >= 11 is 8.93. The van der Waals surface area contributed by atoms with Gasteiger partial charge in [0.05, 0.1) is 21.4 Å². The molecule has 1 aromatic carbocycles. The van der Waals surface area contributed by atoms with Crippen LogP contribution in [0.4, 0.5) is 11.4 Å². The summed E-state index contributed by atoms with van der Waals surface area (Å²) in [7, 11) is 0. The van der Waals surface area contributed by atoms with Crippen molar-refractivity contribution in [3.05, 3.63) is 49.6 Å². The summed E-state index contributed by atoms with van der Waals surface area (Å²) in [6.45, 7) is 5.86. The van der Waals surface area contributed by atoms with E-state index >= 15 is 0 Å². The van der Waals surface area contributed by atoms with Gasteiger partial charge in [0, 0.05) is 22.4 Å².